The van der Waals surface area contributed by atoms with Crippen LogP contribution in [0.25, 0.3) is 0 Å². The number of halogens is 2. The molecule has 1 aromatic rings. The van der Waals surface area contributed by atoms with Gasteiger partial charge in [0.25, 0.3) is 0 Å². The van der Waals surface area contributed by atoms with E-state index in [2.05, 4.69) is 20.7 Å². The van der Waals surface area contributed by atoms with Crippen LogP contribution in [0.5, 0.6) is 0 Å². The minimum absolute atomic E-state index is 0. The lowest BCUT2D eigenvalue weighted by Gasteiger charge is -2.26. The van der Waals surface area contributed by atoms with E-state index in [1.54, 1.807) is 19.1 Å². The lowest BCUT2D eigenvalue weighted by Crippen LogP contribution is -2.49. The average molecular weight is 386 g/mol. The number of hydrogen-bond acceptors (Lipinski definition) is 3. The molecule has 0 heterocycles. The van der Waals surface area contributed by atoms with Crippen molar-refractivity contribution in [3.05, 3.63) is 28.2 Å². The molecular weight excluding hydrogens is 364 g/mol. The lowest BCUT2D eigenvalue weighted by atomic mass is 9.95. The topological polar surface area (TPSA) is 72.2 Å². The van der Waals surface area contributed by atoms with Gasteiger partial charge in [0.2, 0.25) is 10.0 Å². The van der Waals surface area contributed by atoms with Crippen molar-refractivity contribution in [2.24, 2.45) is 5.73 Å². The molecular formula is C13H22BrClN2O2S. The Kier molecular flexibility index (Phi) is 7.70. The normalized spacial score (nSPS) is 12.1. The molecule has 0 unspecified atom stereocenters. The van der Waals surface area contributed by atoms with Crippen molar-refractivity contribution in [1.29, 1.82) is 0 Å². The number of nitrogens with two attached hydrogens (primary N) is 1. The maximum atomic E-state index is 12.3. The maximum absolute atomic E-state index is 12.3. The highest BCUT2D eigenvalue weighted by Crippen LogP contribution is 2.23. The number of hydrogen-bond donors (Lipinski definition) is 2. The van der Waals surface area contributed by atoms with E-state index in [0.717, 1.165) is 17.3 Å². The predicted molar refractivity (Wildman–Crippen MR) is 88.8 cm³/mol. The molecule has 3 N–H and O–H groups in total. The van der Waals surface area contributed by atoms with Gasteiger partial charge in [-0.1, -0.05) is 35.8 Å². The summed E-state index contributed by atoms with van der Waals surface area (Å²) in [5.74, 6) is 0. The predicted octanol–water partition coefficient (Wildman–Crippen LogP) is 2.98. The van der Waals surface area contributed by atoms with Crippen molar-refractivity contribution in [3.8, 4) is 0 Å². The van der Waals surface area contributed by atoms with E-state index in [1.165, 1.54) is 0 Å². The highest BCUT2D eigenvalue weighted by atomic mass is 79.9. The van der Waals surface area contributed by atoms with E-state index >= 15 is 0 Å². The Morgan fingerprint density at radius 3 is 2.35 bits per heavy atom. The molecule has 0 aliphatic heterocycles. The van der Waals surface area contributed by atoms with Gasteiger partial charge in [-0.3, -0.25) is 0 Å². The zero-order chi connectivity index (χ0) is 14.7. The number of sulfonamides is 1. The zero-order valence-electron chi connectivity index (χ0n) is 11.9. The van der Waals surface area contributed by atoms with Gasteiger partial charge in [0, 0.05) is 16.6 Å². The molecule has 0 spiro atoms. The molecule has 7 heteroatoms. The Balaban J connectivity index is 0.00000361. The summed E-state index contributed by atoms with van der Waals surface area (Å²) in [7, 11) is -3.53. The Morgan fingerprint density at radius 1 is 1.30 bits per heavy atom. The van der Waals surface area contributed by atoms with Crippen molar-refractivity contribution in [1.82, 2.24) is 4.72 Å². The Morgan fingerprint density at radius 2 is 1.85 bits per heavy atom. The van der Waals surface area contributed by atoms with Crippen LogP contribution in [0, 0.1) is 6.92 Å². The second kappa shape index (κ2) is 7.75. The largest absolute Gasteiger partial charge is 0.324 e. The third-order valence-electron chi connectivity index (χ3n) is 3.53. The fraction of sp³-hybridized carbons (Fsp3) is 0.538. The number of nitrogens with one attached hydrogen (secondary N) is 1. The first-order chi connectivity index (χ1) is 8.75. The van der Waals surface area contributed by atoms with E-state index in [0.29, 0.717) is 5.56 Å². The SMILES string of the molecule is CCC(N)(CC)CNS(=O)(=O)c1cccc(Br)c1C.Cl. The second-order valence-electron chi connectivity index (χ2n) is 4.76. The fourth-order valence-electron chi connectivity index (χ4n) is 1.70. The maximum Gasteiger partial charge on any atom is 0.240 e. The van der Waals surface area contributed by atoms with Crippen LogP contribution in [-0.4, -0.2) is 20.5 Å². The molecule has 4 nitrogen and oxygen atoms in total. The van der Waals surface area contributed by atoms with Crippen LogP contribution in [0.1, 0.15) is 32.3 Å². The van der Waals surface area contributed by atoms with Gasteiger partial charge in [0.1, 0.15) is 0 Å². The molecule has 0 aliphatic rings. The van der Waals surface area contributed by atoms with Crippen molar-refractivity contribution in [2.75, 3.05) is 6.54 Å². The number of benzene rings is 1. The van der Waals surface area contributed by atoms with Crippen LogP contribution >= 0.6 is 28.3 Å². The molecule has 0 aromatic heterocycles. The molecule has 1 aromatic carbocycles. The van der Waals surface area contributed by atoms with E-state index in [1.807, 2.05) is 19.9 Å². The molecule has 116 valence electrons. The van der Waals surface area contributed by atoms with Crippen LogP contribution in [0.2, 0.25) is 0 Å². The Bertz CT molecular complexity index is 545. The Labute approximate surface area is 136 Å². The van der Waals surface area contributed by atoms with Gasteiger partial charge in [0.05, 0.1) is 4.90 Å². The molecule has 0 fully saturated rings. The van der Waals surface area contributed by atoms with Crippen LogP contribution in [-0.2, 0) is 10.0 Å². The highest BCUT2D eigenvalue weighted by Gasteiger charge is 2.25. The third-order valence-corrected chi connectivity index (χ3v) is 5.93. The summed E-state index contributed by atoms with van der Waals surface area (Å²) < 4.78 is 28.0. The zero-order valence-corrected chi connectivity index (χ0v) is 15.2. The van der Waals surface area contributed by atoms with Crippen molar-refractivity contribution in [2.45, 2.75) is 44.0 Å². The van der Waals surface area contributed by atoms with Gasteiger partial charge in [0.15, 0.2) is 0 Å². The fourth-order valence-corrected chi connectivity index (χ4v) is 3.60. The van der Waals surface area contributed by atoms with Crippen LogP contribution < -0.4 is 10.5 Å². The van der Waals surface area contributed by atoms with Gasteiger partial charge in [-0.05, 0) is 37.5 Å². The second-order valence-corrected chi connectivity index (χ2v) is 7.35. The quantitative estimate of drug-likeness (QED) is 0.790. The molecule has 0 saturated heterocycles. The summed E-state index contributed by atoms with van der Waals surface area (Å²) >= 11 is 3.34. The van der Waals surface area contributed by atoms with Gasteiger partial charge < -0.3 is 5.73 Å². The molecule has 1 rings (SSSR count). The van der Waals surface area contributed by atoms with Crippen LogP contribution in [0.3, 0.4) is 0 Å². The van der Waals surface area contributed by atoms with Crippen molar-refractivity contribution >= 4 is 38.4 Å². The minimum Gasteiger partial charge on any atom is -0.324 e. The van der Waals surface area contributed by atoms with E-state index in [9.17, 15) is 8.42 Å². The third kappa shape index (κ3) is 4.70. The molecule has 20 heavy (non-hydrogen) atoms. The van der Waals surface area contributed by atoms with E-state index in [-0.39, 0.29) is 23.8 Å². The van der Waals surface area contributed by atoms with Crippen molar-refractivity contribution < 1.29 is 8.42 Å². The molecule has 0 saturated carbocycles. The molecule has 0 amide bonds. The highest BCUT2D eigenvalue weighted by molar-refractivity contribution is 9.10. The summed E-state index contributed by atoms with van der Waals surface area (Å²) in [6.45, 7) is 5.94. The van der Waals surface area contributed by atoms with Crippen LogP contribution in [0.15, 0.2) is 27.6 Å². The molecule has 0 radical (unpaired) electrons. The average Bonchev–Trinajstić information content (AvgIpc) is 2.39. The molecule has 0 bridgehead atoms. The lowest BCUT2D eigenvalue weighted by molar-refractivity contribution is 0.391. The van der Waals surface area contributed by atoms with Crippen molar-refractivity contribution in [3.63, 3.8) is 0 Å². The standard InChI is InChI=1S/C13H21BrN2O2S.ClH/c1-4-13(15,5-2)9-16-19(17,18)12-8-6-7-11(14)10(12)3;/h6-8,16H,4-5,9,15H2,1-3H3;1H. The summed E-state index contributed by atoms with van der Waals surface area (Å²) in [5, 5.41) is 0. The molecule has 0 aliphatic carbocycles. The van der Waals surface area contributed by atoms with Gasteiger partial charge in [-0.25, -0.2) is 13.1 Å². The number of rotatable bonds is 6. The summed E-state index contributed by atoms with van der Waals surface area (Å²) in [5.41, 5.74) is 6.32. The Hall–Kier alpha value is -0.140. The first-order valence-corrected chi connectivity index (χ1v) is 8.57. The smallest absolute Gasteiger partial charge is 0.240 e. The summed E-state index contributed by atoms with van der Waals surface area (Å²) in [4.78, 5) is 0.288. The first-order valence-electron chi connectivity index (χ1n) is 6.29. The summed E-state index contributed by atoms with van der Waals surface area (Å²) in [6.07, 6.45) is 1.45. The minimum atomic E-state index is -3.53. The molecule has 0 atom stereocenters. The summed E-state index contributed by atoms with van der Waals surface area (Å²) in [6, 6.07) is 5.12. The van der Waals surface area contributed by atoms with Gasteiger partial charge >= 0.3 is 0 Å². The van der Waals surface area contributed by atoms with Gasteiger partial charge in [-0.15, -0.1) is 12.4 Å². The first kappa shape index (κ1) is 19.9. The van der Waals surface area contributed by atoms with E-state index < -0.39 is 15.6 Å². The van der Waals surface area contributed by atoms with E-state index in [4.69, 9.17) is 5.73 Å². The monoisotopic (exact) mass is 384 g/mol. The van der Waals surface area contributed by atoms with Crippen LogP contribution in [0.4, 0.5) is 0 Å². The van der Waals surface area contributed by atoms with Gasteiger partial charge in [-0.2, -0.15) is 0 Å².